The van der Waals surface area contributed by atoms with Crippen LogP contribution in [0.15, 0.2) is 41.8 Å². The Bertz CT molecular complexity index is 822. The van der Waals surface area contributed by atoms with Crippen molar-refractivity contribution in [3.63, 3.8) is 0 Å². The highest BCUT2D eigenvalue weighted by molar-refractivity contribution is 7.09. The molecule has 0 N–H and O–H groups in total. The average molecular weight is 416 g/mol. The van der Waals surface area contributed by atoms with Crippen molar-refractivity contribution < 1.29 is 14.3 Å². The second-order valence-electron chi connectivity index (χ2n) is 7.55. The number of benzene rings is 1. The van der Waals surface area contributed by atoms with E-state index in [-0.39, 0.29) is 17.9 Å². The van der Waals surface area contributed by atoms with Gasteiger partial charge in [-0.2, -0.15) is 0 Å². The summed E-state index contributed by atoms with van der Waals surface area (Å²) < 4.78 is 5.49. The van der Waals surface area contributed by atoms with E-state index in [9.17, 15) is 9.59 Å². The largest absolute Gasteiger partial charge is 0.496 e. The van der Waals surface area contributed by atoms with E-state index in [2.05, 4.69) is 6.07 Å². The lowest BCUT2D eigenvalue weighted by molar-refractivity contribution is -0.138. The van der Waals surface area contributed by atoms with Crippen molar-refractivity contribution in [2.24, 2.45) is 5.92 Å². The van der Waals surface area contributed by atoms with Crippen LogP contribution in [0.1, 0.15) is 23.3 Å². The first-order valence-corrected chi connectivity index (χ1v) is 10.8. The third-order valence-electron chi connectivity index (χ3n) is 5.22. The molecule has 1 aromatic heterocycles. The van der Waals surface area contributed by atoms with Gasteiger partial charge in [0.2, 0.25) is 5.91 Å². The summed E-state index contributed by atoms with van der Waals surface area (Å²) >= 11 is 1.65. The number of hydrogen-bond acceptors (Lipinski definition) is 4. The molecule has 2 aromatic rings. The van der Waals surface area contributed by atoms with Gasteiger partial charge >= 0.3 is 6.03 Å². The minimum atomic E-state index is -0.178. The van der Waals surface area contributed by atoms with Crippen molar-refractivity contribution >= 4 is 23.3 Å². The Kier molecular flexibility index (Phi) is 7.14. The van der Waals surface area contributed by atoms with Crippen molar-refractivity contribution in [1.82, 2.24) is 14.7 Å². The summed E-state index contributed by atoms with van der Waals surface area (Å²) in [6, 6.07) is 11.8. The van der Waals surface area contributed by atoms with E-state index < -0.39 is 0 Å². The Hall–Kier alpha value is -2.54. The molecular weight excluding hydrogens is 386 g/mol. The van der Waals surface area contributed by atoms with Crippen LogP contribution in [0.4, 0.5) is 4.79 Å². The minimum absolute atomic E-state index is 0.0305. The van der Waals surface area contributed by atoms with Gasteiger partial charge in [0.25, 0.3) is 0 Å². The molecule has 2 heterocycles. The number of carbonyl (C=O) groups excluding carboxylic acids is 2. The van der Waals surface area contributed by atoms with Crippen molar-refractivity contribution in [3.8, 4) is 5.75 Å². The van der Waals surface area contributed by atoms with Crippen LogP contribution in [0.5, 0.6) is 5.75 Å². The van der Waals surface area contributed by atoms with Crippen molar-refractivity contribution in [2.75, 3.05) is 34.3 Å². The zero-order chi connectivity index (χ0) is 20.8. The number of ether oxygens (including phenoxy) is 1. The first kappa shape index (κ1) is 21.2. The number of urea groups is 1. The molecule has 1 fully saturated rings. The maximum atomic E-state index is 13.5. The van der Waals surface area contributed by atoms with E-state index in [0.717, 1.165) is 29.0 Å². The molecule has 0 spiro atoms. The molecule has 7 heteroatoms. The van der Waals surface area contributed by atoms with Crippen LogP contribution in [-0.4, -0.2) is 60.9 Å². The van der Waals surface area contributed by atoms with Gasteiger partial charge in [-0.1, -0.05) is 24.3 Å². The maximum absolute atomic E-state index is 13.5. The molecule has 6 nitrogen and oxygen atoms in total. The molecule has 156 valence electrons. The lowest BCUT2D eigenvalue weighted by Crippen LogP contribution is -2.49. The zero-order valence-electron chi connectivity index (χ0n) is 17.3. The van der Waals surface area contributed by atoms with Gasteiger partial charge < -0.3 is 19.4 Å². The lowest BCUT2D eigenvalue weighted by Gasteiger charge is -2.36. The third-order valence-corrected chi connectivity index (χ3v) is 6.08. The van der Waals surface area contributed by atoms with Crippen LogP contribution in [-0.2, 0) is 17.9 Å². The summed E-state index contributed by atoms with van der Waals surface area (Å²) in [5.74, 6) is 0.701. The van der Waals surface area contributed by atoms with Gasteiger partial charge in [-0.05, 0) is 30.4 Å². The molecule has 1 unspecified atom stereocenters. The summed E-state index contributed by atoms with van der Waals surface area (Å²) in [6.45, 7) is 2.23. The fourth-order valence-electron chi connectivity index (χ4n) is 3.74. The van der Waals surface area contributed by atoms with E-state index >= 15 is 0 Å². The highest BCUT2D eigenvalue weighted by Gasteiger charge is 2.32. The molecule has 1 aliphatic rings. The molecular formula is C22H29N3O3S. The van der Waals surface area contributed by atoms with Gasteiger partial charge in [0.1, 0.15) is 5.75 Å². The molecule has 0 saturated carbocycles. The standard InChI is InChI=1S/C22H29N3O3S/c1-23(2)22(27)24-12-6-9-18(15-24)21(26)25(16-19-10-7-13-29-19)14-17-8-4-5-11-20(17)28-3/h4-5,7-8,10-11,13,18H,6,9,12,14-16H2,1-3H3. The summed E-state index contributed by atoms with van der Waals surface area (Å²) in [5.41, 5.74) is 0.983. The van der Waals surface area contributed by atoms with Gasteiger partial charge in [-0.25, -0.2) is 4.79 Å². The fourth-order valence-corrected chi connectivity index (χ4v) is 4.45. The van der Waals surface area contributed by atoms with Crippen LogP contribution < -0.4 is 4.74 Å². The number of rotatable bonds is 6. The van der Waals surface area contributed by atoms with Crippen LogP contribution in [0, 0.1) is 5.92 Å². The molecule has 1 aliphatic heterocycles. The number of likely N-dealkylation sites (tertiary alicyclic amines) is 1. The summed E-state index contributed by atoms with van der Waals surface area (Å²) in [5, 5.41) is 2.03. The quantitative estimate of drug-likeness (QED) is 0.723. The second kappa shape index (κ2) is 9.78. The number of hydrogen-bond donors (Lipinski definition) is 0. The zero-order valence-corrected chi connectivity index (χ0v) is 18.2. The Morgan fingerprint density at radius 2 is 1.97 bits per heavy atom. The van der Waals surface area contributed by atoms with E-state index in [0.29, 0.717) is 26.2 Å². The fraction of sp³-hybridized carbons (Fsp3) is 0.455. The monoisotopic (exact) mass is 415 g/mol. The average Bonchev–Trinajstić information content (AvgIpc) is 3.25. The number of thiophene rings is 1. The highest BCUT2D eigenvalue weighted by Crippen LogP contribution is 2.26. The second-order valence-corrected chi connectivity index (χ2v) is 8.58. The van der Waals surface area contributed by atoms with E-state index in [1.165, 1.54) is 0 Å². The summed E-state index contributed by atoms with van der Waals surface area (Å²) in [7, 11) is 5.15. The van der Waals surface area contributed by atoms with Crippen LogP contribution in [0.2, 0.25) is 0 Å². The molecule has 1 atom stereocenters. The molecule has 0 aliphatic carbocycles. The number of carbonyl (C=O) groups is 2. The Morgan fingerprint density at radius 1 is 1.17 bits per heavy atom. The van der Waals surface area contributed by atoms with Gasteiger partial charge in [-0.3, -0.25) is 4.79 Å². The molecule has 1 saturated heterocycles. The predicted octanol–water partition coefficient (Wildman–Crippen LogP) is 3.68. The summed E-state index contributed by atoms with van der Waals surface area (Å²) in [6.07, 6.45) is 1.65. The van der Waals surface area contributed by atoms with Crippen molar-refractivity contribution in [1.29, 1.82) is 0 Å². The van der Waals surface area contributed by atoms with Crippen LogP contribution >= 0.6 is 11.3 Å². The third kappa shape index (κ3) is 5.29. The molecule has 1 aromatic carbocycles. The normalized spacial score (nSPS) is 16.4. The van der Waals surface area contributed by atoms with E-state index in [4.69, 9.17) is 4.74 Å². The van der Waals surface area contributed by atoms with Gasteiger partial charge in [-0.15, -0.1) is 11.3 Å². The number of nitrogens with zero attached hydrogens (tertiary/aromatic N) is 3. The highest BCUT2D eigenvalue weighted by atomic mass is 32.1. The van der Waals surface area contributed by atoms with Crippen molar-refractivity contribution in [2.45, 2.75) is 25.9 Å². The maximum Gasteiger partial charge on any atom is 0.319 e. The Balaban J connectivity index is 1.79. The van der Waals surface area contributed by atoms with Gasteiger partial charge in [0, 0.05) is 44.2 Å². The molecule has 3 amide bonds. The lowest BCUT2D eigenvalue weighted by atomic mass is 9.96. The van der Waals surface area contributed by atoms with Gasteiger partial charge in [0.05, 0.1) is 19.6 Å². The van der Waals surface area contributed by atoms with E-state index in [1.54, 1.807) is 42.3 Å². The summed E-state index contributed by atoms with van der Waals surface area (Å²) in [4.78, 5) is 32.3. The predicted molar refractivity (Wildman–Crippen MR) is 115 cm³/mol. The molecule has 29 heavy (non-hydrogen) atoms. The number of para-hydroxylation sites is 1. The van der Waals surface area contributed by atoms with E-state index in [1.807, 2.05) is 40.6 Å². The van der Waals surface area contributed by atoms with Crippen molar-refractivity contribution in [3.05, 3.63) is 52.2 Å². The number of piperidine rings is 1. The van der Waals surface area contributed by atoms with Crippen LogP contribution in [0.25, 0.3) is 0 Å². The SMILES string of the molecule is COc1ccccc1CN(Cc1cccs1)C(=O)C1CCCN(C(=O)N(C)C)C1. The Labute approximate surface area is 176 Å². The topological polar surface area (TPSA) is 53.1 Å². The molecule has 0 bridgehead atoms. The molecule has 0 radical (unpaired) electrons. The number of methoxy groups -OCH3 is 1. The molecule has 3 rings (SSSR count). The minimum Gasteiger partial charge on any atom is -0.496 e. The van der Waals surface area contributed by atoms with Gasteiger partial charge in [0.15, 0.2) is 0 Å². The first-order valence-electron chi connectivity index (χ1n) is 9.89. The first-order chi connectivity index (χ1) is 14.0. The Morgan fingerprint density at radius 3 is 2.66 bits per heavy atom. The van der Waals surface area contributed by atoms with Crippen LogP contribution in [0.3, 0.4) is 0 Å². The smallest absolute Gasteiger partial charge is 0.319 e. The number of amides is 3.